The van der Waals surface area contributed by atoms with Crippen LogP contribution in [0.4, 0.5) is 0 Å². The molecule has 3 N–H and O–H groups in total. The molecule has 7 atom stereocenters. The van der Waals surface area contributed by atoms with Crippen LogP contribution in [-0.2, 0) is 10.0 Å². The molecule has 3 aromatic carbocycles. The van der Waals surface area contributed by atoms with Gasteiger partial charge in [-0.25, -0.2) is 13.1 Å². The molecule has 2 bridgehead atoms. The minimum atomic E-state index is -3.58. The molecule has 0 aliphatic carbocycles. The Morgan fingerprint density at radius 1 is 1.02 bits per heavy atom. The van der Waals surface area contributed by atoms with Gasteiger partial charge in [-0.3, -0.25) is 9.88 Å². The average Bonchev–Trinajstić information content (AvgIpc) is 3.08. The number of methoxy groups -OCH3 is 1. The Labute approximate surface area is 277 Å². The van der Waals surface area contributed by atoms with E-state index in [1.54, 1.807) is 7.11 Å². The lowest BCUT2D eigenvalue weighted by molar-refractivity contribution is 0.00426. The molecule has 1 aromatic heterocycles. The summed E-state index contributed by atoms with van der Waals surface area (Å²) in [5.74, 6) is 1.79. The molecule has 240 valence electrons. The van der Waals surface area contributed by atoms with E-state index < -0.39 is 22.1 Å². The SMILES string of the molecule is C=C[C@H]1CN2CC[C@H]1C[C@@H]2[C@H](NC(=S)N[C@@H](c1ccccc1)[C@@H](NS(C)(=O)=O)c1ccccc1)c1ccnc2ccc(OC)cc12. The quantitative estimate of drug-likeness (QED) is 0.141. The maximum atomic E-state index is 12.7. The number of ether oxygens (including phenoxy) is 1. The molecule has 0 radical (unpaired) electrons. The summed E-state index contributed by atoms with van der Waals surface area (Å²) in [6.07, 6.45) is 7.31. The van der Waals surface area contributed by atoms with E-state index in [1.807, 2.05) is 85.1 Å². The van der Waals surface area contributed by atoms with Crippen LogP contribution in [0.3, 0.4) is 0 Å². The molecule has 10 heteroatoms. The molecule has 3 saturated heterocycles. The van der Waals surface area contributed by atoms with E-state index in [0.717, 1.165) is 59.3 Å². The molecule has 1 unspecified atom stereocenters. The fourth-order valence-electron chi connectivity index (χ4n) is 7.21. The van der Waals surface area contributed by atoms with Crippen LogP contribution >= 0.6 is 12.2 Å². The number of fused-ring (bicyclic) bond motifs is 4. The first-order valence-electron chi connectivity index (χ1n) is 15.7. The number of thiocarbonyl (C=S) groups is 1. The Kier molecular flexibility index (Phi) is 9.70. The van der Waals surface area contributed by atoms with Crippen LogP contribution in [0, 0.1) is 11.8 Å². The number of aromatic nitrogens is 1. The van der Waals surface area contributed by atoms with Gasteiger partial charge in [0, 0.05) is 24.2 Å². The number of benzene rings is 3. The van der Waals surface area contributed by atoms with E-state index in [4.69, 9.17) is 17.0 Å². The van der Waals surface area contributed by atoms with Crippen LogP contribution in [0.5, 0.6) is 5.75 Å². The second kappa shape index (κ2) is 13.9. The molecule has 8 nitrogen and oxygen atoms in total. The fourth-order valence-corrected chi connectivity index (χ4v) is 8.20. The first-order chi connectivity index (χ1) is 22.2. The Balaban J connectivity index is 1.39. The van der Waals surface area contributed by atoms with Gasteiger partial charge in [-0.2, -0.15) is 0 Å². The Morgan fingerprint density at radius 2 is 1.72 bits per heavy atom. The molecule has 7 rings (SSSR count). The van der Waals surface area contributed by atoms with Crippen molar-refractivity contribution in [3.05, 3.63) is 120 Å². The predicted molar refractivity (Wildman–Crippen MR) is 188 cm³/mol. The number of piperidine rings is 3. The summed E-state index contributed by atoms with van der Waals surface area (Å²) in [6, 6.07) is 26.3. The summed E-state index contributed by atoms with van der Waals surface area (Å²) in [6.45, 7) is 6.11. The Bertz CT molecular complexity index is 1790. The van der Waals surface area contributed by atoms with Gasteiger partial charge in [0.2, 0.25) is 10.0 Å². The second-order valence-electron chi connectivity index (χ2n) is 12.3. The maximum Gasteiger partial charge on any atom is 0.209 e. The number of hydrogen-bond donors (Lipinski definition) is 3. The van der Waals surface area contributed by atoms with Crippen molar-refractivity contribution in [2.75, 3.05) is 26.5 Å². The average molecular weight is 656 g/mol. The summed E-state index contributed by atoms with van der Waals surface area (Å²) in [5.41, 5.74) is 3.70. The van der Waals surface area contributed by atoms with Gasteiger partial charge in [0.15, 0.2) is 5.11 Å². The van der Waals surface area contributed by atoms with Gasteiger partial charge in [-0.1, -0.05) is 66.7 Å². The third kappa shape index (κ3) is 7.10. The van der Waals surface area contributed by atoms with Crippen LogP contribution < -0.4 is 20.1 Å². The predicted octanol–water partition coefficient (Wildman–Crippen LogP) is 5.68. The van der Waals surface area contributed by atoms with E-state index in [9.17, 15) is 8.42 Å². The molecule has 3 aliphatic heterocycles. The Hall–Kier alpha value is -3.83. The zero-order valence-electron chi connectivity index (χ0n) is 26.2. The number of rotatable bonds is 11. The molecular weight excluding hydrogens is 615 g/mol. The number of nitrogens with zero attached hydrogens (tertiary/aromatic N) is 2. The zero-order chi connectivity index (χ0) is 32.3. The normalized spacial score (nSPS) is 22.8. The minimum absolute atomic E-state index is 0.166. The van der Waals surface area contributed by atoms with E-state index in [-0.39, 0.29) is 12.1 Å². The van der Waals surface area contributed by atoms with Crippen molar-refractivity contribution >= 4 is 38.3 Å². The van der Waals surface area contributed by atoms with Gasteiger partial charge in [-0.05, 0) is 84.4 Å². The lowest BCUT2D eigenvalue weighted by Gasteiger charge is -2.52. The van der Waals surface area contributed by atoms with E-state index >= 15 is 0 Å². The summed E-state index contributed by atoms with van der Waals surface area (Å²) in [4.78, 5) is 7.21. The molecule has 0 amide bonds. The monoisotopic (exact) mass is 655 g/mol. The van der Waals surface area contributed by atoms with Crippen LogP contribution in [0.2, 0.25) is 0 Å². The standard InChI is InChI=1S/C36H41N5O3S2/c1-4-24-23-41-20-18-27(24)21-32(41)35(29-17-19-37-31-16-15-28(44-2)22-30(29)31)39-36(45)38-33(25-11-7-5-8-12-25)34(40-46(3,42)43)26-13-9-6-10-14-26/h4-17,19,22,24,27,32-35,40H,1,18,20-21,23H2,2-3H3,(H2,38,39,45)/t24-,27-,32+,33-,34-,35+/m0/s1. The van der Waals surface area contributed by atoms with Crippen molar-refractivity contribution < 1.29 is 13.2 Å². The number of sulfonamides is 1. The van der Waals surface area contributed by atoms with Gasteiger partial charge in [-0.15, -0.1) is 6.58 Å². The van der Waals surface area contributed by atoms with Crippen molar-refractivity contribution in [3.8, 4) is 5.75 Å². The molecule has 0 spiro atoms. The third-order valence-corrected chi connectivity index (χ3v) is 10.3. The molecule has 3 aliphatic rings. The maximum absolute atomic E-state index is 12.7. The highest BCUT2D eigenvalue weighted by atomic mass is 32.2. The van der Waals surface area contributed by atoms with Crippen molar-refractivity contribution in [2.45, 2.75) is 37.0 Å². The fraction of sp³-hybridized carbons (Fsp3) is 0.333. The molecule has 4 heterocycles. The second-order valence-corrected chi connectivity index (χ2v) is 14.5. The van der Waals surface area contributed by atoms with Crippen molar-refractivity contribution in [3.63, 3.8) is 0 Å². The highest BCUT2D eigenvalue weighted by Crippen LogP contribution is 2.42. The van der Waals surface area contributed by atoms with Crippen LogP contribution in [-0.4, -0.2) is 55.9 Å². The van der Waals surface area contributed by atoms with Crippen LogP contribution in [0.1, 0.15) is 47.7 Å². The lowest BCUT2D eigenvalue weighted by atomic mass is 9.73. The highest BCUT2D eigenvalue weighted by Gasteiger charge is 2.43. The summed E-state index contributed by atoms with van der Waals surface area (Å²) >= 11 is 6.12. The number of hydrogen-bond acceptors (Lipinski definition) is 6. The smallest absolute Gasteiger partial charge is 0.209 e. The number of nitrogens with one attached hydrogen (secondary N) is 3. The first-order valence-corrected chi connectivity index (χ1v) is 18.0. The minimum Gasteiger partial charge on any atom is -0.497 e. The van der Waals surface area contributed by atoms with Crippen molar-refractivity contribution in [1.29, 1.82) is 0 Å². The topological polar surface area (TPSA) is 95.6 Å². The van der Waals surface area contributed by atoms with Crippen molar-refractivity contribution in [1.82, 2.24) is 25.2 Å². The largest absolute Gasteiger partial charge is 0.497 e. The first kappa shape index (κ1) is 32.1. The Morgan fingerprint density at radius 3 is 2.33 bits per heavy atom. The molecule has 0 saturated carbocycles. The summed E-state index contributed by atoms with van der Waals surface area (Å²) < 4.78 is 33.9. The van der Waals surface area contributed by atoms with E-state index in [1.165, 1.54) is 6.26 Å². The zero-order valence-corrected chi connectivity index (χ0v) is 27.8. The van der Waals surface area contributed by atoms with Gasteiger partial charge in [0.05, 0.1) is 37.0 Å². The van der Waals surface area contributed by atoms with E-state index in [2.05, 4.69) is 44.0 Å². The van der Waals surface area contributed by atoms with Gasteiger partial charge >= 0.3 is 0 Å². The molecule has 46 heavy (non-hydrogen) atoms. The van der Waals surface area contributed by atoms with Crippen LogP contribution in [0.25, 0.3) is 10.9 Å². The lowest BCUT2D eigenvalue weighted by Crippen LogP contribution is -2.58. The van der Waals surface area contributed by atoms with Gasteiger partial charge in [0.25, 0.3) is 0 Å². The summed E-state index contributed by atoms with van der Waals surface area (Å²) in [7, 11) is -1.90. The van der Waals surface area contributed by atoms with Gasteiger partial charge < -0.3 is 15.4 Å². The van der Waals surface area contributed by atoms with E-state index in [0.29, 0.717) is 16.9 Å². The third-order valence-electron chi connectivity index (χ3n) is 9.42. The van der Waals surface area contributed by atoms with Gasteiger partial charge in [0.1, 0.15) is 5.75 Å². The molecule has 4 aromatic rings. The molecular formula is C36H41N5O3S2. The number of pyridine rings is 1. The van der Waals surface area contributed by atoms with Crippen molar-refractivity contribution in [2.24, 2.45) is 11.8 Å². The summed E-state index contributed by atoms with van der Waals surface area (Å²) in [5, 5.41) is 8.71. The van der Waals surface area contributed by atoms with Crippen LogP contribution in [0.15, 0.2) is 104 Å². The highest BCUT2D eigenvalue weighted by molar-refractivity contribution is 7.88. The molecule has 3 fully saturated rings.